The molecular weight excluding hydrogens is 460 g/mol. The molecule has 0 saturated heterocycles. The van der Waals surface area contributed by atoms with Crippen LogP contribution in [0.5, 0.6) is 0 Å². The van der Waals surface area contributed by atoms with E-state index in [1.54, 1.807) is 0 Å². The number of benzene rings is 2. The van der Waals surface area contributed by atoms with Gasteiger partial charge in [-0.05, 0) is 4.86 Å². The lowest BCUT2D eigenvalue weighted by molar-refractivity contribution is -0.439. The van der Waals surface area contributed by atoms with E-state index < -0.39 is 81.7 Å². The zero-order valence-corrected chi connectivity index (χ0v) is 15.4. The molecule has 0 saturated carbocycles. The van der Waals surface area contributed by atoms with Gasteiger partial charge in [0.1, 0.15) is 0 Å². The van der Waals surface area contributed by atoms with Crippen molar-refractivity contribution in [3.05, 3.63) is 81.1 Å². The molecule has 0 bridgehead atoms. The summed E-state index contributed by atoms with van der Waals surface area (Å²) in [4.78, 5) is 61.5. The molecule has 0 amide bonds. The molecular formula is C14H6N6O13. The van der Waals surface area contributed by atoms with Gasteiger partial charge in [-0.15, -0.1) is 0 Å². The molecule has 0 atom stereocenters. The van der Waals surface area contributed by atoms with E-state index in [4.69, 9.17) is 0 Å². The fourth-order valence-electron chi connectivity index (χ4n) is 2.51. The second-order valence-corrected chi connectivity index (χ2v) is 5.73. The molecule has 0 heterocycles. The Labute approximate surface area is 177 Å². The van der Waals surface area contributed by atoms with E-state index in [1.807, 2.05) is 0 Å². The summed E-state index contributed by atoms with van der Waals surface area (Å²) in [7, 11) is 0. The summed E-state index contributed by atoms with van der Waals surface area (Å²) in [6, 6.07) is 1.09. The number of nitrogens with zero attached hydrogens (tertiary/aromatic N) is 6. The van der Waals surface area contributed by atoms with Crippen molar-refractivity contribution >= 4 is 46.1 Å². The zero-order chi connectivity index (χ0) is 25.2. The molecule has 0 aromatic heterocycles. The van der Waals surface area contributed by atoms with Crippen LogP contribution in [0.3, 0.4) is 0 Å². The molecule has 2 rings (SSSR count). The Bertz CT molecular complexity index is 1300. The number of hydrogen-bond donors (Lipinski definition) is 2. The average Bonchev–Trinajstić information content (AvgIpc) is 2.71. The second-order valence-electron chi connectivity index (χ2n) is 5.73. The van der Waals surface area contributed by atoms with E-state index in [9.17, 15) is 65.5 Å². The lowest BCUT2D eigenvalue weighted by Gasteiger charge is -2.06. The van der Waals surface area contributed by atoms with Crippen molar-refractivity contribution in [2.45, 2.75) is 0 Å². The molecule has 33 heavy (non-hydrogen) atoms. The highest BCUT2D eigenvalue weighted by Gasteiger charge is 2.35. The van der Waals surface area contributed by atoms with Crippen LogP contribution in [0, 0.1) is 45.7 Å². The van der Waals surface area contributed by atoms with Gasteiger partial charge in [0.05, 0.1) is 37.9 Å². The summed E-state index contributed by atoms with van der Waals surface area (Å²) < 4.78 is 0. The number of aromatic carboxylic acids is 2. The normalized spacial score (nSPS) is 11.0. The standard InChI is InChI=1S/C14H6N6O13/c21-13(22)11-7(1-5(17(26)27)3-9(11)19(30)31)15-16(25)8-2-6(18(28)29)4-10(20(32)33)12(8)14(23)24/h1-4H,(H,21,22)(H,23,24). The van der Waals surface area contributed by atoms with E-state index in [2.05, 4.69) is 5.11 Å². The first-order valence-electron chi connectivity index (χ1n) is 7.85. The van der Waals surface area contributed by atoms with Crippen LogP contribution in [0.25, 0.3) is 0 Å². The fourth-order valence-corrected chi connectivity index (χ4v) is 2.51. The highest BCUT2D eigenvalue weighted by atomic mass is 16.6. The third kappa shape index (κ3) is 4.60. The molecule has 19 nitrogen and oxygen atoms in total. The Morgan fingerprint density at radius 3 is 1.42 bits per heavy atom. The van der Waals surface area contributed by atoms with Gasteiger partial charge in [-0.2, -0.15) is 0 Å². The van der Waals surface area contributed by atoms with Crippen molar-refractivity contribution in [3.63, 3.8) is 0 Å². The predicted octanol–water partition coefficient (Wildman–Crippen LogP) is 2.64. The van der Waals surface area contributed by atoms with Crippen LogP contribution < -0.4 is 0 Å². The summed E-state index contributed by atoms with van der Waals surface area (Å²) >= 11 is 0. The van der Waals surface area contributed by atoms with E-state index in [-0.39, 0.29) is 18.2 Å². The lowest BCUT2D eigenvalue weighted by atomic mass is 10.1. The monoisotopic (exact) mass is 466 g/mol. The topological polar surface area (TPSA) is 286 Å². The Kier molecular flexibility index (Phi) is 6.18. The average molecular weight is 466 g/mol. The number of nitro benzene ring substituents is 4. The molecule has 0 fully saturated rings. The number of hydrogen-bond acceptors (Lipinski definition) is 12. The zero-order valence-electron chi connectivity index (χ0n) is 15.4. The van der Waals surface area contributed by atoms with Crippen LogP contribution in [0.1, 0.15) is 20.7 Å². The molecule has 2 N–H and O–H groups in total. The second kappa shape index (κ2) is 8.63. The SMILES string of the molecule is O=C(O)c1c(N=[N+]([O-])c2cc([N+](=O)[O-])cc([N+](=O)[O-])c2C(=O)O)cc([N+](=O)[O-])cc1[N+](=O)[O-]. The summed E-state index contributed by atoms with van der Waals surface area (Å²) in [6.07, 6.45) is 0. The molecule has 0 spiro atoms. The number of non-ortho nitro benzene ring substituents is 2. The van der Waals surface area contributed by atoms with E-state index in [0.717, 1.165) is 0 Å². The van der Waals surface area contributed by atoms with E-state index in [1.165, 1.54) is 0 Å². The van der Waals surface area contributed by atoms with Gasteiger partial charge in [0, 0.05) is 11.2 Å². The number of rotatable bonds is 8. The molecule has 19 heteroatoms. The quantitative estimate of drug-likeness (QED) is 0.245. The minimum Gasteiger partial charge on any atom is -0.594 e. The van der Waals surface area contributed by atoms with Gasteiger partial charge < -0.3 is 15.4 Å². The third-order valence-corrected chi connectivity index (χ3v) is 3.81. The van der Waals surface area contributed by atoms with Gasteiger partial charge in [0.2, 0.25) is 5.56 Å². The van der Waals surface area contributed by atoms with Gasteiger partial charge in [-0.3, -0.25) is 40.5 Å². The van der Waals surface area contributed by atoms with Crippen LogP contribution >= 0.6 is 0 Å². The largest absolute Gasteiger partial charge is 0.594 e. The number of azo groups is 1. The first kappa shape index (κ1) is 23.7. The number of carboxylic acids is 2. The molecule has 0 aliphatic heterocycles. The number of carbonyl (C=O) groups is 2. The van der Waals surface area contributed by atoms with Gasteiger partial charge in [0.25, 0.3) is 28.4 Å². The molecule has 2 aromatic carbocycles. The minimum atomic E-state index is -2.11. The summed E-state index contributed by atoms with van der Waals surface area (Å²) in [5, 5.41) is 78.5. The molecule has 0 unspecified atom stereocenters. The maximum atomic E-state index is 12.5. The van der Waals surface area contributed by atoms with E-state index in [0.29, 0.717) is 6.07 Å². The smallest absolute Gasteiger partial charge is 0.349 e. The van der Waals surface area contributed by atoms with Crippen molar-refractivity contribution < 1.29 is 44.4 Å². The van der Waals surface area contributed by atoms with Crippen LogP contribution in [-0.2, 0) is 0 Å². The molecule has 0 aliphatic carbocycles. The van der Waals surface area contributed by atoms with Crippen molar-refractivity contribution in [2.75, 3.05) is 0 Å². The Balaban J connectivity index is 2.98. The van der Waals surface area contributed by atoms with E-state index >= 15 is 0 Å². The van der Waals surface area contributed by atoms with Crippen LogP contribution in [0.2, 0.25) is 0 Å². The highest BCUT2D eigenvalue weighted by molar-refractivity contribution is 5.99. The summed E-state index contributed by atoms with van der Waals surface area (Å²) in [6.45, 7) is 0. The maximum Gasteiger partial charge on any atom is 0.349 e. The third-order valence-electron chi connectivity index (χ3n) is 3.81. The first-order chi connectivity index (χ1) is 15.3. The van der Waals surface area contributed by atoms with Gasteiger partial charge in [-0.25, -0.2) is 9.59 Å². The fraction of sp³-hybridized carbons (Fsp3) is 0. The maximum absolute atomic E-state index is 12.5. The molecule has 0 aliphatic rings. The Hall–Kier alpha value is -5.62. The Morgan fingerprint density at radius 2 is 1.03 bits per heavy atom. The first-order valence-corrected chi connectivity index (χ1v) is 7.85. The predicted molar refractivity (Wildman–Crippen MR) is 98.8 cm³/mol. The Morgan fingerprint density at radius 1 is 0.636 bits per heavy atom. The molecule has 170 valence electrons. The van der Waals surface area contributed by atoms with Crippen molar-refractivity contribution in [1.29, 1.82) is 0 Å². The van der Waals surface area contributed by atoms with Crippen molar-refractivity contribution in [2.24, 2.45) is 5.11 Å². The van der Waals surface area contributed by atoms with Crippen LogP contribution in [0.4, 0.5) is 34.1 Å². The highest BCUT2D eigenvalue weighted by Crippen LogP contribution is 2.37. The van der Waals surface area contributed by atoms with Crippen molar-refractivity contribution in [1.82, 2.24) is 0 Å². The van der Waals surface area contributed by atoms with Gasteiger partial charge in [-0.1, -0.05) is 0 Å². The van der Waals surface area contributed by atoms with Crippen LogP contribution in [-0.4, -0.2) is 46.7 Å². The van der Waals surface area contributed by atoms with Gasteiger partial charge in [0.15, 0.2) is 11.3 Å². The molecule has 2 aromatic rings. The number of nitro groups is 4. The summed E-state index contributed by atoms with van der Waals surface area (Å²) in [5.41, 5.74) is -10.2. The molecule has 0 radical (unpaired) electrons. The van der Waals surface area contributed by atoms with Crippen LogP contribution in [0.15, 0.2) is 29.4 Å². The minimum absolute atomic E-state index is 0.238. The number of carboxylic acid groups (broad SMARTS) is 2. The summed E-state index contributed by atoms with van der Waals surface area (Å²) in [5.74, 6) is -4.17. The lowest BCUT2D eigenvalue weighted by Crippen LogP contribution is -2.09. The van der Waals surface area contributed by atoms with Crippen molar-refractivity contribution in [3.8, 4) is 0 Å². The van der Waals surface area contributed by atoms with Gasteiger partial charge >= 0.3 is 11.9 Å².